The highest BCUT2D eigenvalue weighted by molar-refractivity contribution is 7.80. The van der Waals surface area contributed by atoms with Crippen molar-refractivity contribution in [2.45, 2.75) is 6.42 Å². The summed E-state index contributed by atoms with van der Waals surface area (Å²) in [5.74, 6) is 1.27. The third kappa shape index (κ3) is 3.20. The molecule has 0 radical (unpaired) electrons. The van der Waals surface area contributed by atoms with Gasteiger partial charge in [-0.25, -0.2) is 15.0 Å². The minimum Gasteiger partial charge on any atom is -0.388 e. The molecule has 0 amide bonds. The first-order valence-electron chi connectivity index (χ1n) is 5.36. The summed E-state index contributed by atoms with van der Waals surface area (Å²) in [6, 6.07) is 1.67. The molecule has 0 aliphatic rings. The van der Waals surface area contributed by atoms with E-state index in [0.29, 0.717) is 24.6 Å². The minimum absolute atomic E-state index is 0.256. The lowest BCUT2D eigenvalue weighted by molar-refractivity contribution is 0.741. The normalized spacial score (nSPS) is 10.3. The van der Waals surface area contributed by atoms with Gasteiger partial charge in [-0.15, -0.1) is 0 Å². The Kier molecular flexibility index (Phi) is 3.78. The molecule has 2 rings (SSSR count). The molecule has 0 saturated heterocycles. The van der Waals surface area contributed by atoms with Gasteiger partial charge in [0.2, 0.25) is 5.95 Å². The van der Waals surface area contributed by atoms with E-state index in [9.17, 15) is 0 Å². The molecule has 18 heavy (non-hydrogen) atoms. The van der Waals surface area contributed by atoms with Crippen molar-refractivity contribution in [3.8, 4) is 0 Å². The number of nitrogens with two attached hydrogens (primary N) is 1. The molecule has 8 heteroatoms. The number of anilines is 1. The van der Waals surface area contributed by atoms with Crippen molar-refractivity contribution >= 4 is 23.2 Å². The van der Waals surface area contributed by atoms with Gasteiger partial charge in [-0.1, -0.05) is 12.2 Å². The Labute approximate surface area is 109 Å². The van der Waals surface area contributed by atoms with E-state index in [1.54, 1.807) is 23.3 Å². The van der Waals surface area contributed by atoms with Crippen molar-refractivity contribution in [1.29, 1.82) is 0 Å². The van der Waals surface area contributed by atoms with E-state index < -0.39 is 0 Å². The number of thiocarbonyl (C=S) groups is 1. The van der Waals surface area contributed by atoms with Gasteiger partial charge in [-0.3, -0.25) is 4.68 Å². The van der Waals surface area contributed by atoms with Crippen LogP contribution in [0, 0.1) is 0 Å². The molecule has 0 aliphatic heterocycles. The fourth-order valence-corrected chi connectivity index (χ4v) is 1.48. The Balaban J connectivity index is 1.90. The lowest BCUT2D eigenvalue weighted by atomic mass is 10.4. The first-order chi connectivity index (χ1) is 8.65. The fourth-order valence-electron chi connectivity index (χ4n) is 1.37. The second-order valence-corrected chi connectivity index (χ2v) is 4.08. The second-order valence-electron chi connectivity index (χ2n) is 3.64. The van der Waals surface area contributed by atoms with Gasteiger partial charge in [0.05, 0.1) is 0 Å². The summed E-state index contributed by atoms with van der Waals surface area (Å²) in [5.41, 5.74) is 6.05. The predicted molar refractivity (Wildman–Crippen MR) is 71.1 cm³/mol. The summed E-state index contributed by atoms with van der Waals surface area (Å²) in [5, 5.41) is 7.24. The molecule has 0 spiro atoms. The Morgan fingerprint density at radius 2 is 2.33 bits per heavy atom. The van der Waals surface area contributed by atoms with E-state index in [1.165, 1.54) is 0 Å². The molecule has 94 valence electrons. The maximum absolute atomic E-state index is 5.50. The lowest BCUT2D eigenvalue weighted by Crippen LogP contribution is -2.15. The number of aryl methyl sites for hydroxylation is 1. The molecule has 0 unspecified atom stereocenters. The molecule has 7 nitrogen and oxygen atoms in total. The number of nitrogens with one attached hydrogen (secondary N) is 1. The van der Waals surface area contributed by atoms with Gasteiger partial charge in [0.1, 0.15) is 17.0 Å². The molecule has 2 aromatic heterocycles. The van der Waals surface area contributed by atoms with E-state index >= 15 is 0 Å². The maximum Gasteiger partial charge on any atom is 0.223 e. The molecule has 0 aromatic carbocycles. The van der Waals surface area contributed by atoms with Crippen LogP contribution in [0.25, 0.3) is 0 Å². The van der Waals surface area contributed by atoms with E-state index in [0.717, 1.165) is 5.82 Å². The van der Waals surface area contributed by atoms with E-state index in [4.69, 9.17) is 18.0 Å². The summed E-state index contributed by atoms with van der Waals surface area (Å²) in [7, 11) is 1.83. The third-order valence-electron chi connectivity index (χ3n) is 2.19. The SMILES string of the molecule is Cn1cnc(CCNc2nccc(C(N)=S)n2)n1. The third-order valence-corrected chi connectivity index (χ3v) is 2.40. The van der Waals surface area contributed by atoms with Crippen molar-refractivity contribution in [1.82, 2.24) is 24.7 Å². The molecular weight excluding hydrogens is 250 g/mol. The van der Waals surface area contributed by atoms with Crippen LogP contribution in [0.3, 0.4) is 0 Å². The summed E-state index contributed by atoms with van der Waals surface area (Å²) < 4.78 is 1.67. The van der Waals surface area contributed by atoms with Crippen LogP contribution in [-0.4, -0.2) is 36.3 Å². The summed E-state index contributed by atoms with van der Waals surface area (Å²) in [6.07, 6.45) is 3.98. The van der Waals surface area contributed by atoms with Gasteiger partial charge in [0.15, 0.2) is 5.82 Å². The standard InChI is InChI=1S/C10H13N7S/c1-17-6-14-8(16-17)3-5-13-10-12-4-2-7(15-10)9(11)18/h2,4,6H,3,5H2,1H3,(H2,11,18)(H,12,13,15). The van der Waals surface area contributed by atoms with Gasteiger partial charge in [0, 0.05) is 26.2 Å². The Bertz CT molecular complexity index is 551. The number of nitrogens with zero attached hydrogens (tertiary/aromatic N) is 5. The summed E-state index contributed by atoms with van der Waals surface area (Å²) in [6.45, 7) is 0.644. The number of hydrogen-bond acceptors (Lipinski definition) is 6. The molecule has 0 fully saturated rings. The van der Waals surface area contributed by atoms with Crippen LogP contribution in [0.2, 0.25) is 0 Å². The van der Waals surface area contributed by atoms with Crippen LogP contribution in [0.1, 0.15) is 11.5 Å². The maximum atomic E-state index is 5.50. The van der Waals surface area contributed by atoms with E-state index in [1.807, 2.05) is 7.05 Å². The van der Waals surface area contributed by atoms with Gasteiger partial charge in [-0.2, -0.15) is 5.10 Å². The van der Waals surface area contributed by atoms with Crippen LogP contribution in [0.15, 0.2) is 18.6 Å². The van der Waals surface area contributed by atoms with Crippen molar-refractivity contribution in [2.75, 3.05) is 11.9 Å². The van der Waals surface area contributed by atoms with Crippen LogP contribution in [0.5, 0.6) is 0 Å². The minimum atomic E-state index is 0.256. The van der Waals surface area contributed by atoms with Crippen molar-refractivity contribution in [3.63, 3.8) is 0 Å². The Morgan fingerprint density at radius 3 is 3.00 bits per heavy atom. The van der Waals surface area contributed by atoms with Crippen LogP contribution >= 0.6 is 12.2 Å². The molecule has 0 saturated carbocycles. The van der Waals surface area contributed by atoms with Crippen molar-refractivity contribution in [2.24, 2.45) is 12.8 Å². The highest BCUT2D eigenvalue weighted by Gasteiger charge is 2.02. The molecule has 0 atom stereocenters. The first kappa shape index (κ1) is 12.4. The monoisotopic (exact) mass is 263 g/mol. The van der Waals surface area contributed by atoms with E-state index in [2.05, 4.69) is 25.4 Å². The van der Waals surface area contributed by atoms with Crippen LogP contribution in [-0.2, 0) is 13.5 Å². The second kappa shape index (κ2) is 5.50. The molecule has 0 bridgehead atoms. The highest BCUT2D eigenvalue weighted by Crippen LogP contribution is 2.00. The molecule has 2 heterocycles. The zero-order valence-electron chi connectivity index (χ0n) is 9.87. The Morgan fingerprint density at radius 1 is 1.50 bits per heavy atom. The topological polar surface area (TPSA) is 94.5 Å². The predicted octanol–water partition coefficient (Wildman–Crippen LogP) is -0.106. The summed E-state index contributed by atoms with van der Waals surface area (Å²) >= 11 is 4.85. The van der Waals surface area contributed by atoms with Gasteiger partial charge >= 0.3 is 0 Å². The molecule has 0 aliphatic carbocycles. The summed E-state index contributed by atoms with van der Waals surface area (Å²) in [4.78, 5) is 12.6. The lowest BCUT2D eigenvalue weighted by Gasteiger charge is -2.04. The molecule has 3 N–H and O–H groups in total. The quantitative estimate of drug-likeness (QED) is 0.727. The van der Waals surface area contributed by atoms with Gasteiger partial charge in [-0.05, 0) is 6.07 Å². The van der Waals surface area contributed by atoms with Crippen LogP contribution in [0.4, 0.5) is 5.95 Å². The molecule has 2 aromatic rings. The average Bonchev–Trinajstić information content (AvgIpc) is 2.75. The van der Waals surface area contributed by atoms with E-state index in [-0.39, 0.29) is 4.99 Å². The largest absolute Gasteiger partial charge is 0.388 e. The average molecular weight is 263 g/mol. The number of hydrogen-bond donors (Lipinski definition) is 2. The zero-order chi connectivity index (χ0) is 13.0. The van der Waals surface area contributed by atoms with Crippen molar-refractivity contribution in [3.05, 3.63) is 30.1 Å². The number of rotatable bonds is 5. The smallest absolute Gasteiger partial charge is 0.223 e. The zero-order valence-corrected chi connectivity index (χ0v) is 10.7. The number of aromatic nitrogens is 5. The molecular formula is C10H13N7S. The van der Waals surface area contributed by atoms with Crippen molar-refractivity contribution < 1.29 is 0 Å². The first-order valence-corrected chi connectivity index (χ1v) is 5.77. The van der Waals surface area contributed by atoms with Crippen LogP contribution < -0.4 is 11.1 Å². The highest BCUT2D eigenvalue weighted by atomic mass is 32.1. The van der Waals surface area contributed by atoms with Gasteiger partial charge < -0.3 is 11.1 Å². The fraction of sp³-hybridized carbons (Fsp3) is 0.300. The van der Waals surface area contributed by atoms with Gasteiger partial charge in [0.25, 0.3) is 0 Å². The Hall–Kier alpha value is -2.09.